The molecule has 0 fully saturated rings. The van der Waals surface area contributed by atoms with Gasteiger partial charge in [0.15, 0.2) is 11.5 Å². The molecule has 3 heterocycles. The highest BCUT2D eigenvalue weighted by atomic mass is 35.5. The number of rotatable bonds is 7. The molecule has 3 N–H and O–H groups in total. The fraction of sp³-hybridized carbons (Fsp3) is 0.250. The van der Waals surface area contributed by atoms with Gasteiger partial charge in [0.05, 0.1) is 35.0 Å². The topological polar surface area (TPSA) is 118 Å². The van der Waals surface area contributed by atoms with Crippen LogP contribution in [0.25, 0.3) is 21.9 Å². The van der Waals surface area contributed by atoms with Crippen LogP contribution >= 0.6 is 11.6 Å². The number of ether oxygens (including phenoxy) is 1. The van der Waals surface area contributed by atoms with Gasteiger partial charge in [0.2, 0.25) is 11.8 Å². The fourth-order valence-electron chi connectivity index (χ4n) is 3.11. The normalized spacial score (nSPS) is 12.1. The molecule has 1 amide bonds. The van der Waals surface area contributed by atoms with Gasteiger partial charge in [0.1, 0.15) is 18.5 Å². The van der Waals surface area contributed by atoms with Gasteiger partial charge in [0.25, 0.3) is 0 Å². The van der Waals surface area contributed by atoms with Crippen LogP contribution in [0.2, 0.25) is 5.02 Å². The molecule has 0 unspecified atom stereocenters. The van der Waals surface area contributed by atoms with Crippen molar-refractivity contribution in [2.75, 3.05) is 18.5 Å². The summed E-state index contributed by atoms with van der Waals surface area (Å²) < 4.78 is 5.87. The van der Waals surface area contributed by atoms with Crippen molar-refractivity contribution in [3.8, 4) is 5.88 Å². The number of aromatic amines is 1. The van der Waals surface area contributed by atoms with E-state index in [4.69, 9.17) is 21.3 Å². The Morgan fingerprint density at radius 3 is 3.00 bits per heavy atom. The Kier molecular flexibility index (Phi) is 5.62. The summed E-state index contributed by atoms with van der Waals surface area (Å²) in [4.78, 5) is 31.4. The maximum absolute atomic E-state index is 11.1. The number of fused-ring (bicyclic) bond motifs is 2. The molecule has 0 aliphatic heterocycles. The number of halogens is 1. The molecule has 1 aromatic carbocycles. The first-order valence-electron chi connectivity index (χ1n) is 9.40. The van der Waals surface area contributed by atoms with Gasteiger partial charge in [-0.15, -0.1) is 0 Å². The third-order valence-corrected chi connectivity index (χ3v) is 4.84. The molecule has 4 aromatic rings. The SMILES string of the molecule is CC(=O)NCCOc1nc([C@H](C)Nc2ncnc3nc[nH]c23)cc2cccc(Cl)c12. The first kappa shape index (κ1) is 19.8. The van der Waals surface area contributed by atoms with Crippen molar-refractivity contribution in [1.29, 1.82) is 0 Å². The van der Waals surface area contributed by atoms with E-state index in [1.54, 1.807) is 12.4 Å². The molecule has 0 aliphatic rings. The van der Waals surface area contributed by atoms with Crippen molar-refractivity contribution in [2.45, 2.75) is 19.9 Å². The Bertz CT molecular complexity index is 1210. The molecule has 30 heavy (non-hydrogen) atoms. The smallest absolute Gasteiger partial charge is 0.223 e. The van der Waals surface area contributed by atoms with E-state index in [0.29, 0.717) is 28.9 Å². The second-order valence-electron chi connectivity index (χ2n) is 6.71. The maximum Gasteiger partial charge on any atom is 0.223 e. The Labute approximate surface area is 177 Å². The standard InChI is InChI=1S/C20H20ClN7O2/c1-11(27-19-17-18(24-9-23-17)25-10-26-19)15-8-13-4-3-5-14(21)16(13)20(28-15)30-7-6-22-12(2)29/h3-5,8-11H,6-7H2,1-2H3,(H,22,29)(H2,23,24,25,26,27)/t11-/m0/s1. The Balaban J connectivity index is 1.64. The second kappa shape index (κ2) is 8.50. The van der Waals surface area contributed by atoms with Crippen molar-refractivity contribution in [3.63, 3.8) is 0 Å². The number of nitrogens with one attached hydrogen (secondary N) is 3. The zero-order valence-corrected chi connectivity index (χ0v) is 17.2. The molecule has 0 saturated carbocycles. The summed E-state index contributed by atoms with van der Waals surface area (Å²) in [6, 6.07) is 7.41. The average Bonchev–Trinajstić information content (AvgIpc) is 3.20. The van der Waals surface area contributed by atoms with Gasteiger partial charge < -0.3 is 20.4 Å². The molecule has 0 radical (unpaired) electrons. The fourth-order valence-corrected chi connectivity index (χ4v) is 3.37. The number of carbonyl (C=O) groups is 1. The van der Waals surface area contributed by atoms with E-state index < -0.39 is 0 Å². The zero-order chi connectivity index (χ0) is 21.1. The molecule has 0 aliphatic carbocycles. The summed E-state index contributed by atoms with van der Waals surface area (Å²) in [7, 11) is 0. The van der Waals surface area contributed by atoms with Crippen molar-refractivity contribution in [3.05, 3.63) is 47.6 Å². The lowest BCUT2D eigenvalue weighted by Crippen LogP contribution is -2.25. The number of benzene rings is 1. The Morgan fingerprint density at radius 2 is 2.17 bits per heavy atom. The molecule has 4 rings (SSSR count). The first-order valence-corrected chi connectivity index (χ1v) is 9.77. The number of imidazole rings is 1. The van der Waals surface area contributed by atoms with Gasteiger partial charge in [-0.25, -0.2) is 19.9 Å². The third-order valence-electron chi connectivity index (χ3n) is 4.53. The lowest BCUT2D eigenvalue weighted by Gasteiger charge is -2.17. The molecular formula is C20H20ClN7O2. The molecule has 3 aromatic heterocycles. The van der Waals surface area contributed by atoms with Crippen LogP contribution in [-0.4, -0.2) is 44.0 Å². The molecule has 0 spiro atoms. The minimum atomic E-state index is -0.188. The van der Waals surface area contributed by atoms with Crippen LogP contribution in [0.4, 0.5) is 5.82 Å². The first-order chi connectivity index (χ1) is 14.5. The molecule has 9 nitrogen and oxygen atoms in total. The predicted octanol–water partition coefficient (Wildman–Crippen LogP) is 3.24. The van der Waals surface area contributed by atoms with Gasteiger partial charge in [-0.3, -0.25) is 4.79 Å². The van der Waals surface area contributed by atoms with Gasteiger partial charge in [0, 0.05) is 6.92 Å². The predicted molar refractivity (Wildman–Crippen MR) is 115 cm³/mol. The number of hydrogen-bond donors (Lipinski definition) is 3. The highest BCUT2D eigenvalue weighted by molar-refractivity contribution is 6.36. The second-order valence-corrected chi connectivity index (χ2v) is 7.12. The van der Waals surface area contributed by atoms with E-state index in [2.05, 4.69) is 30.6 Å². The molecule has 0 bridgehead atoms. The minimum Gasteiger partial charge on any atom is -0.475 e. The lowest BCUT2D eigenvalue weighted by atomic mass is 10.1. The lowest BCUT2D eigenvalue weighted by molar-refractivity contribution is -0.119. The van der Waals surface area contributed by atoms with Crippen molar-refractivity contribution >= 4 is 45.3 Å². The average molecular weight is 426 g/mol. The molecule has 1 atom stereocenters. The van der Waals surface area contributed by atoms with E-state index in [-0.39, 0.29) is 18.6 Å². The van der Waals surface area contributed by atoms with Gasteiger partial charge in [-0.05, 0) is 24.4 Å². The zero-order valence-electron chi connectivity index (χ0n) is 16.4. The van der Waals surface area contributed by atoms with E-state index in [1.165, 1.54) is 13.3 Å². The largest absolute Gasteiger partial charge is 0.475 e. The minimum absolute atomic E-state index is 0.115. The highest BCUT2D eigenvalue weighted by Gasteiger charge is 2.16. The van der Waals surface area contributed by atoms with E-state index >= 15 is 0 Å². The van der Waals surface area contributed by atoms with Crippen LogP contribution in [0.1, 0.15) is 25.6 Å². The Morgan fingerprint density at radius 1 is 1.30 bits per heavy atom. The van der Waals surface area contributed by atoms with Crippen LogP contribution in [0, 0.1) is 0 Å². The summed E-state index contributed by atoms with van der Waals surface area (Å²) in [5, 5.41) is 8.24. The van der Waals surface area contributed by atoms with Crippen molar-refractivity contribution < 1.29 is 9.53 Å². The van der Waals surface area contributed by atoms with Crippen LogP contribution < -0.4 is 15.4 Å². The van der Waals surface area contributed by atoms with Crippen molar-refractivity contribution in [2.24, 2.45) is 0 Å². The van der Waals surface area contributed by atoms with Gasteiger partial charge >= 0.3 is 0 Å². The monoisotopic (exact) mass is 425 g/mol. The third kappa shape index (κ3) is 4.11. The van der Waals surface area contributed by atoms with E-state index in [1.807, 2.05) is 25.1 Å². The number of aromatic nitrogens is 5. The number of H-pyrrole nitrogens is 1. The number of hydrogen-bond acceptors (Lipinski definition) is 7. The summed E-state index contributed by atoms with van der Waals surface area (Å²) in [6.07, 6.45) is 3.04. The molecular weight excluding hydrogens is 406 g/mol. The maximum atomic E-state index is 11.1. The molecule has 10 heteroatoms. The number of pyridine rings is 1. The summed E-state index contributed by atoms with van der Waals surface area (Å²) in [5.41, 5.74) is 2.06. The number of carbonyl (C=O) groups excluding carboxylic acids is 1. The Hall–Kier alpha value is -3.46. The number of anilines is 1. The number of nitrogens with zero attached hydrogens (tertiary/aromatic N) is 4. The van der Waals surface area contributed by atoms with Crippen molar-refractivity contribution in [1.82, 2.24) is 30.2 Å². The highest BCUT2D eigenvalue weighted by Crippen LogP contribution is 2.33. The quantitative estimate of drug-likeness (QED) is 0.389. The van der Waals surface area contributed by atoms with Crippen LogP contribution in [0.3, 0.4) is 0 Å². The van der Waals surface area contributed by atoms with Crippen LogP contribution in [0.15, 0.2) is 36.9 Å². The summed E-state index contributed by atoms with van der Waals surface area (Å²) >= 11 is 6.41. The van der Waals surface area contributed by atoms with E-state index in [0.717, 1.165) is 22.0 Å². The van der Waals surface area contributed by atoms with Crippen LogP contribution in [0.5, 0.6) is 5.88 Å². The van der Waals surface area contributed by atoms with Gasteiger partial charge in [-0.2, -0.15) is 0 Å². The molecule has 0 saturated heterocycles. The van der Waals surface area contributed by atoms with Crippen LogP contribution in [-0.2, 0) is 4.79 Å². The summed E-state index contributed by atoms with van der Waals surface area (Å²) in [6.45, 7) is 4.09. The number of amides is 1. The van der Waals surface area contributed by atoms with Gasteiger partial charge in [-0.1, -0.05) is 23.7 Å². The summed E-state index contributed by atoms with van der Waals surface area (Å²) in [5.74, 6) is 0.934. The van der Waals surface area contributed by atoms with E-state index in [9.17, 15) is 4.79 Å². The molecule has 154 valence electrons.